The minimum absolute atomic E-state index is 0.128. The first-order chi connectivity index (χ1) is 10.1. The van der Waals surface area contributed by atoms with Crippen molar-refractivity contribution in [2.75, 3.05) is 0 Å². The Morgan fingerprint density at radius 2 is 1.67 bits per heavy atom. The minimum Gasteiger partial charge on any atom is -0.508 e. The molecule has 4 aliphatic rings. The monoisotopic (exact) mass is 287 g/mol. The first-order valence-corrected chi connectivity index (χ1v) is 8.38. The fourth-order valence-corrected chi connectivity index (χ4v) is 5.39. The van der Waals surface area contributed by atoms with Crippen LogP contribution in [0.5, 0.6) is 11.5 Å². The van der Waals surface area contributed by atoms with Crippen LogP contribution < -0.4 is 5.32 Å². The van der Waals surface area contributed by atoms with Crippen LogP contribution in [0.1, 0.15) is 50.5 Å². The largest absolute Gasteiger partial charge is 0.508 e. The Bertz CT molecular complexity index is 526. The molecule has 21 heavy (non-hydrogen) atoms. The highest BCUT2D eigenvalue weighted by Gasteiger charge is 2.48. The molecule has 3 nitrogen and oxygen atoms in total. The molecule has 114 valence electrons. The Morgan fingerprint density at radius 3 is 2.33 bits per heavy atom. The number of hydrogen-bond donors (Lipinski definition) is 3. The van der Waals surface area contributed by atoms with Crippen LogP contribution in [0.25, 0.3) is 0 Å². The second-order valence-electron chi connectivity index (χ2n) is 7.71. The molecule has 2 unspecified atom stereocenters. The maximum atomic E-state index is 9.96. The molecule has 4 bridgehead atoms. The summed E-state index contributed by atoms with van der Waals surface area (Å²) in [6.45, 7) is 0.707. The van der Waals surface area contributed by atoms with E-state index in [1.807, 2.05) is 6.07 Å². The van der Waals surface area contributed by atoms with Crippen molar-refractivity contribution in [3.05, 3.63) is 23.8 Å². The summed E-state index contributed by atoms with van der Waals surface area (Å²) in [4.78, 5) is 0. The lowest BCUT2D eigenvalue weighted by molar-refractivity contribution is 0.0718. The lowest BCUT2D eigenvalue weighted by Gasteiger charge is -2.49. The molecule has 4 aliphatic carbocycles. The van der Waals surface area contributed by atoms with Gasteiger partial charge in [-0.05, 0) is 55.9 Å². The number of rotatable bonds is 3. The van der Waals surface area contributed by atoms with Crippen LogP contribution in [0, 0.1) is 17.8 Å². The molecule has 4 saturated carbocycles. The normalized spacial score (nSPS) is 37.6. The summed E-state index contributed by atoms with van der Waals surface area (Å²) in [6.07, 6.45) is 9.70. The second kappa shape index (κ2) is 4.91. The highest BCUT2D eigenvalue weighted by atomic mass is 16.3. The number of benzene rings is 1. The summed E-state index contributed by atoms with van der Waals surface area (Å²) < 4.78 is 0. The van der Waals surface area contributed by atoms with Gasteiger partial charge in [0.05, 0.1) is 0 Å². The smallest absolute Gasteiger partial charge is 0.123 e. The van der Waals surface area contributed by atoms with Crippen LogP contribution in [0.2, 0.25) is 0 Å². The van der Waals surface area contributed by atoms with Gasteiger partial charge in [-0.25, -0.2) is 0 Å². The molecule has 5 rings (SSSR count). The van der Waals surface area contributed by atoms with Gasteiger partial charge in [0.1, 0.15) is 11.5 Å². The maximum Gasteiger partial charge on any atom is 0.123 e. The molecule has 0 radical (unpaired) electrons. The van der Waals surface area contributed by atoms with Crippen molar-refractivity contribution < 1.29 is 10.2 Å². The van der Waals surface area contributed by atoms with Gasteiger partial charge < -0.3 is 15.5 Å². The zero-order chi connectivity index (χ0) is 14.4. The quantitative estimate of drug-likeness (QED) is 0.797. The van der Waals surface area contributed by atoms with Gasteiger partial charge in [0.25, 0.3) is 0 Å². The molecule has 1 aromatic rings. The predicted octanol–water partition coefficient (Wildman–Crippen LogP) is 3.55. The topological polar surface area (TPSA) is 52.5 Å². The van der Waals surface area contributed by atoms with Crippen LogP contribution in [0.15, 0.2) is 18.2 Å². The van der Waals surface area contributed by atoms with E-state index in [4.69, 9.17) is 0 Å². The van der Waals surface area contributed by atoms with Gasteiger partial charge in [0.15, 0.2) is 0 Å². The standard InChI is InChI=1S/C18H25NO2/c20-16-4-3-15(17(21)7-16)11-19-18-8-12-1-2-13(9-18)6-14(5-12)10-18/h3-4,7,12-14,19-21H,1-2,5-6,8-11H2. The maximum absolute atomic E-state index is 9.96. The zero-order valence-electron chi connectivity index (χ0n) is 12.5. The second-order valence-corrected chi connectivity index (χ2v) is 7.71. The molecular formula is C18H25NO2. The average Bonchev–Trinajstić information content (AvgIpc) is 2.64. The third kappa shape index (κ3) is 2.52. The Balaban J connectivity index is 1.51. The van der Waals surface area contributed by atoms with Crippen molar-refractivity contribution in [1.29, 1.82) is 0 Å². The molecule has 0 amide bonds. The number of hydrogen-bond acceptors (Lipinski definition) is 3. The Morgan fingerprint density at radius 1 is 1.00 bits per heavy atom. The molecule has 3 N–H and O–H groups in total. The van der Waals surface area contributed by atoms with Gasteiger partial charge in [0, 0.05) is 23.7 Å². The highest BCUT2D eigenvalue weighted by Crippen LogP contribution is 2.53. The van der Waals surface area contributed by atoms with E-state index in [-0.39, 0.29) is 11.5 Å². The van der Waals surface area contributed by atoms with Crippen molar-refractivity contribution in [1.82, 2.24) is 5.32 Å². The van der Waals surface area contributed by atoms with E-state index in [1.165, 1.54) is 51.0 Å². The Kier molecular flexibility index (Phi) is 3.14. The molecule has 0 heterocycles. The molecule has 0 aromatic heterocycles. The summed E-state index contributed by atoms with van der Waals surface area (Å²) >= 11 is 0. The summed E-state index contributed by atoms with van der Waals surface area (Å²) in [5.74, 6) is 3.08. The molecule has 0 aliphatic heterocycles. The first-order valence-electron chi connectivity index (χ1n) is 8.38. The Labute approximate surface area is 126 Å². The molecule has 3 heteroatoms. The van der Waals surface area contributed by atoms with Crippen LogP contribution in [0.3, 0.4) is 0 Å². The van der Waals surface area contributed by atoms with Crippen molar-refractivity contribution in [2.24, 2.45) is 17.8 Å². The summed E-state index contributed by atoms with van der Waals surface area (Å²) in [5, 5.41) is 23.2. The van der Waals surface area contributed by atoms with E-state index < -0.39 is 0 Å². The van der Waals surface area contributed by atoms with Gasteiger partial charge in [-0.2, -0.15) is 0 Å². The van der Waals surface area contributed by atoms with E-state index >= 15 is 0 Å². The first kappa shape index (κ1) is 13.4. The molecule has 0 saturated heterocycles. The minimum atomic E-state index is 0.128. The molecule has 1 aromatic carbocycles. The molecule has 2 atom stereocenters. The molecule has 0 spiro atoms. The number of phenols is 2. The van der Waals surface area contributed by atoms with Crippen LogP contribution in [0.4, 0.5) is 0 Å². The van der Waals surface area contributed by atoms with Crippen LogP contribution >= 0.6 is 0 Å². The number of aromatic hydroxyl groups is 2. The van der Waals surface area contributed by atoms with Crippen molar-refractivity contribution in [2.45, 2.75) is 57.0 Å². The molecular weight excluding hydrogens is 262 g/mol. The van der Waals surface area contributed by atoms with Crippen LogP contribution in [-0.4, -0.2) is 15.8 Å². The van der Waals surface area contributed by atoms with E-state index in [1.54, 1.807) is 6.07 Å². The number of fused-ring (bicyclic) bond motifs is 1. The van der Waals surface area contributed by atoms with Crippen molar-refractivity contribution in [3.63, 3.8) is 0 Å². The van der Waals surface area contributed by atoms with Gasteiger partial charge in [-0.15, -0.1) is 0 Å². The highest BCUT2D eigenvalue weighted by molar-refractivity contribution is 5.38. The van der Waals surface area contributed by atoms with E-state index in [9.17, 15) is 10.2 Å². The van der Waals surface area contributed by atoms with E-state index in [2.05, 4.69) is 5.32 Å². The van der Waals surface area contributed by atoms with Crippen molar-refractivity contribution >= 4 is 0 Å². The van der Waals surface area contributed by atoms with Gasteiger partial charge in [0.2, 0.25) is 0 Å². The van der Waals surface area contributed by atoms with E-state index in [0.717, 1.165) is 23.3 Å². The Hall–Kier alpha value is -1.22. The van der Waals surface area contributed by atoms with Crippen molar-refractivity contribution in [3.8, 4) is 11.5 Å². The van der Waals surface area contributed by atoms with Gasteiger partial charge in [-0.1, -0.05) is 18.9 Å². The van der Waals surface area contributed by atoms with Gasteiger partial charge >= 0.3 is 0 Å². The average molecular weight is 287 g/mol. The molecule has 4 fully saturated rings. The fraction of sp³-hybridized carbons (Fsp3) is 0.667. The lowest BCUT2D eigenvalue weighted by Crippen LogP contribution is -2.53. The third-order valence-corrected chi connectivity index (χ3v) is 6.08. The summed E-state index contributed by atoms with van der Waals surface area (Å²) in [6, 6.07) is 4.91. The number of nitrogens with one attached hydrogen (secondary N) is 1. The zero-order valence-corrected chi connectivity index (χ0v) is 12.5. The number of phenolic OH excluding ortho intramolecular Hbond substituents is 2. The predicted molar refractivity (Wildman–Crippen MR) is 82.1 cm³/mol. The van der Waals surface area contributed by atoms with E-state index in [0.29, 0.717) is 12.1 Å². The third-order valence-electron chi connectivity index (χ3n) is 6.08. The fourth-order valence-electron chi connectivity index (χ4n) is 5.39. The lowest BCUT2D eigenvalue weighted by atomic mass is 9.63. The van der Waals surface area contributed by atoms with Gasteiger partial charge in [-0.3, -0.25) is 0 Å². The summed E-state index contributed by atoms with van der Waals surface area (Å²) in [5.41, 5.74) is 1.19. The summed E-state index contributed by atoms with van der Waals surface area (Å²) in [7, 11) is 0. The van der Waals surface area contributed by atoms with Crippen LogP contribution in [-0.2, 0) is 6.54 Å². The SMILES string of the molecule is Oc1ccc(CNC23CC4CCC(CC(C4)C2)C3)c(O)c1.